The number of aryl methyl sites for hydroxylation is 1. The summed E-state index contributed by atoms with van der Waals surface area (Å²) >= 11 is 0. The van der Waals surface area contributed by atoms with Gasteiger partial charge in [0.1, 0.15) is 5.82 Å². The summed E-state index contributed by atoms with van der Waals surface area (Å²) in [6.45, 7) is 0.424. The average Bonchev–Trinajstić information content (AvgIpc) is 2.94. The van der Waals surface area contributed by atoms with E-state index < -0.39 is 29.6 Å². The fraction of sp³-hybridized carbons (Fsp3) is 0.208. The van der Waals surface area contributed by atoms with Crippen LogP contribution in [0.1, 0.15) is 34.7 Å². The fourth-order valence-corrected chi connectivity index (χ4v) is 3.93. The van der Waals surface area contributed by atoms with Crippen LogP contribution < -0.4 is 5.32 Å². The molecule has 0 fully saturated rings. The predicted octanol–water partition coefficient (Wildman–Crippen LogP) is 6.41. The number of carbonyl (C=O) groups excluding carboxylic acids is 1. The third-order valence-corrected chi connectivity index (χ3v) is 5.42. The zero-order valence-corrected chi connectivity index (χ0v) is 16.5. The summed E-state index contributed by atoms with van der Waals surface area (Å²) < 4.78 is 52.3. The number of nitrogens with zero attached hydrogens (tertiary/aromatic N) is 1. The topological polar surface area (TPSA) is 32.3 Å². The summed E-state index contributed by atoms with van der Waals surface area (Å²) in [5, 5.41) is 2.77. The van der Waals surface area contributed by atoms with Gasteiger partial charge < -0.3 is 10.2 Å². The summed E-state index contributed by atoms with van der Waals surface area (Å²) in [5.41, 5.74) is 2.24. The molecule has 3 nitrogen and oxygen atoms in total. The molecule has 3 aromatic rings. The van der Waals surface area contributed by atoms with Crippen LogP contribution in [0.2, 0.25) is 0 Å². The van der Waals surface area contributed by atoms with Crippen molar-refractivity contribution in [2.45, 2.75) is 25.1 Å². The minimum absolute atomic E-state index is 0.395. The molecule has 3 aromatic carbocycles. The first-order valence-corrected chi connectivity index (χ1v) is 9.91. The van der Waals surface area contributed by atoms with Crippen LogP contribution in [0, 0.1) is 5.82 Å². The van der Waals surface area contributed by atoms with E-state index in [1.807, 2.05) is 24.3 Å². The molecular weight excluding hydrogens is 408 g/mol. The van der Waals surface area contributed by atoms with Gasteiger partial charge in [0.05, 0.1) is 11.6 Å². The number of amides is 2. The van der Waals surface area contributed by atoms with Crippen LogP contribution in [-0.4, -0.2) is 17.5 Å². The second kappa shape index (κ2) is 8.41. The van der Waals surface area contributed by atoms with Crippen molar-refractivity contribution in [3.63, 3.8) is 0 Å². The number of alkyl halides is 3. The highest BCUT2D eigenvalue weighted by Gasteiger charge is 2.33. The van der Waals surface area contributed by atoms with Crippen LogP contribution >= 0.6 is 0 Å². The SMILES string of the molecule is O=C(Nc1ccc(F)cc1)N1CCCc2ccccc2C1c1ccc(C(F)(F)F)cc1. The number of rotatable bonds is 2. The van der Waals surface area contributed by atoms with Gasteiger partial charge in [-0.2, -0.15) is 13.2 Å². The first-order valence-electron chi connectivity index (χ1n) is 9.91. The monoisotopic (exact) mass is 428 g/mol. The third kappa shape index (κ3) is 4.55. The Bertz CT molecular complexity index is 1060. The Hall–Kier alpha value is -3.35. The van der Waals surface area contributed by atoms with E-state index in [1.54, 1.807) is 4.90 Å². The largest absolute Gasteiger partial charge is 0.416 e. The first-order chi connectivity index (χ1) is 14.8. The molecule has 1 unspecified atom stereocenters. The van der Waals surface area contributed by atoms with Gasteiger partial charge in [-0.1, -0.05) is 36.4 Å². The summed E-state index contributed by atoms with van der Waals surface area (Å²) in [6, 6.07) is 17.1. The molecule has 0 radical (unpaired) electrons. The number of anilines is 1. The minimum Gasteiger partial charge on any atom is -0.313 e. The summed E-state index contributed by atoms with van der Waals surface area (Å²) in [7, 11) is 0. The van der Waals surface area contributed by atoms with Crippen LogP contribution in [0.25, 0.3) is 0 Å². The first kappa shape index (κ1) is 20.9. The van der Waals surface area contributed by atoms with Crippen LogP contribution in [-0.2, 0) is 12.6 Å². The van der Waals surface area contributed by atoms with E-state index in [0.29, 0.717) is 24.2 Å². The van der Waals surface area contributed by atoms with Crippen LogP contribution in [0.15, 0.2) is 72.8 Å². The second-order valence-corrected chi connectivity index (χ2v) is 7.46. The summed E-state index contributed by atoms with van der Waals surface area (Å²) in [6.07, 6.45) is -2.96. The Morgan fingerprint density at radius 3 is 2.29 bits per heavy atom. The normalized spacial score (nSPS) is 16.4. The second-order valence-electron chi connectivity index (χ2n) is 7.46. The molecule has 0 saturated heterocycles. The van der Waals surface area contributed by atoms with E-state index >= 15 is 0 Å². The number of halogens is 4. The predicted molar refractivity (Wildman–Crippen MR) is 110 cm³/mol. The molecule has 1 heterocycles. The van der Waals surface area contributed by atoms with E-state index in [1.165, 1.54) is 36.4 Å². The third-order valence-electron chi connectivity index (χ3n) is 5.42. The number of nitrogens with one attached hydrogen (secondary N) is 1. The smallest absolute Gasteiger partial charge is 0.313 e. The maximum atomic E-state index is 13.2. The minimum atomic E-state index is -4.43. The highest BCUT2D eigenvalue weighted by molar-refractivity contribution is 5.90. The Balaban J connectivity index is 1.72. The highest BCUT2D eigenvalue weighted by Crippen LogP contribution is 2.36. The molecule has 0 saturated carbocycles. The quantitative estimate of drug-likeness (QED) is 0.470. The Labute approximate surface area is 177 Å². The molecule has 1 N–H and O–H groups in total. The van der Waals surface area contributed by atoms with Crippen molar-refractivity contribution in [3.8, 4) is 0 Å². The molecule has 0 spiro atoms. The molecule has 0 aliphatic carbocycles. The molecular formula is C24H20F4N2O. The van der Waals surface area contributed by atoms with Crippen molar-refractivity contribution in [3.05, 3.63) is 101 Å². The highest BCUT2D eigenvalue weighted by atomic mass is 19.4. The number of carbonyl (C=O) groups is 1. The van der Waals surface area contributed by atoms with Gasteiger partial charge in [0.25, 0.3) is 0 Å². The molecule has 4 rings (SSSR count). The van der Waals surface area contributed by atoms with Gasteiger partial charge in [-0.05, 0) is 65.9 Å². The lowest BCUT2D eigenvalue weighted by Crippen LogP contribution is -2.38. The number of hydrogen-bond acceptors (Lipinski definition) is 1. The van der Waals surface area contributed by atoms with Crippen LogP contribution in [0.3, 0.4) is 0 Å². The van der Waals surface area contributed by atoms with Crippen LogP contribution in [0.5, 0.6) is 0 Å². The van der Waals surface area contributed by atoms with E-state index in [2.05, 4.69) is 5.32 Å². The Morgan fingerprint density at radius 1 is 0.935 bits per heavy atom. The molecule has 31 heavy (non-hydrogen) atoms. The summed E-state index contributed by atoms with van der Waals surface area (Å²) in [4.78, 5) is 14.8. The summed E-state index contributed by atoms with van der Waals surface area (Å²) in [5.74, 6) is -0.413. The lowest BCUT2D eigenvalue weighted by Gasteiger charge is -2.32. The van der Waals surface area contributed by atoms with E-state index in [4.69, 9.17) is 0 Å². The van der Waals surface area contributed by atoms with E-state index in [-0.39, 0.29) is 0 Å². The average molecular weight is 428 g/mol. The standard InChI is InChI=1S/C24H20F4N2O/c25-19-11-13-20(14-12-19)29-23(31)30-15-3-5-16-4-1-2-6-21(16)22(30)17-7-9-18(10-8-17)24(26,27)28/h1-2,4,6-14,22H,3,5,15H2,(H,29,31). The van der Waals surface area contributed by atoms with E-state index in [9.17, 15) is 22.4 Å². The molecule has 1 aliphatic heterocycles. The molecule has 1 atom stereocenters. The molecule has 1 aliphatic rings. The van der Waals surface area contributed by atoms with Crippen molar-refractivity contribution in [2.24, 2.45) is 0 Å². The zero-order valence-electron chi connectivity index (χ0n) is 16.5. The fourth-order valence-electron chi connectivity index (χ4n) is 3.93. The van der Waals surface area contributed by atoms with Gasteiger partial charge in [-0.3, -0.25) is 0 Å². The van der Waals surface area contributed by atoms with Crippen molar-refractivity contribution in [2.75, 3.05) is 11.9 Å². The van der Waals surface area contributed by atoms with Gasteiger partial charge >= 0.3 is 12.2 Å². The number of hydrogen-bond donors (Lipinski definition) is 1. The van der Waals surface area contributed by atoms with Crippen molar-refractivity contribution in [1.29, 1.82) is 0 Å². The van der Waals surface area contributed by atoms with Crippen molar-refractivity contribution < 1.29 is 22.4 Å². The van der Waals surface area contributed by atoms with E-state index in [0.717, 1.165) is 29.7 Å². The maximum Gasteiger partial charge on any atom is 0.416 e. The van der Waals surface area contributed by atoms with Gasteiger partial charge in [0, 0.05) is 12.2 Å². The number of fused-ring (bicyclic) bond motifs is 1. The molecule has 160 valence electrons. The Kier molecular flexibility index (Phi) is 5.67. The molecule has 0 aromatic heterocycles. The van der Waals surface area contributed by atoms with Crippen molar-refractivity contribution in [1.82, 2.24) is 4.90 Å². The molecule has 7 heteroatoms. The molecule has 0 bridgehead atoms. The van der Waals surface area contributed by atoms with Gasteiger partial charge in [-0.25, -0.2) is 9.18 Å². The zero-order chi connectivity index (χ0) is 22.0. The Morgan fingerprint density at radius 2 is 1.61 bits per heavy atom. The van der Waals surface area contributed by atoms with Gasteiger partial charge in [0.2, 0.25) is 0 Å². The molecule has 2 amide bonds. The number of urea groups is 1. The van der Waals surface area contributed by atoms with Crippen molar-refractivity contribution >= 4 is 11.7 Å². The number of benzene rings is 3. The van der Waals surface area contributed by atoms with Gasteiger partial charge in [0.15, 0.2) is 0 Å². The lowest BCUT2D eigenvalue weighted by molar-refractivity contribution is -0.137. The van der Waals surface area contributed by atoms with Crippen LogP contribution in [0.4, 0.5) is 28.0 Å². The lowest BCUT2D eigenvalue weighted by atomic mass is 9.92. The maximum absolute atomic E-state index is 13.2. The van der Waals surface area contributed by atoms with Gasteiger partial charge in [-0.15, -0.1) is 0 Å².